The van der Waals surface area contributed by atoms with Gasteiger partial charge >= 0.3 is 0 Å². The maximum absolute atomic E-state index is 13.3. The van der Waals surface area contributed by atoms with E-state index < -0.39 is 9.84 Å². The van der Waals surface area contributed by atoms with E-state index in [-0.39, 0.29) is 30.3 Å². The van der Waals surface area contributed by atoms with Crippen LogP contribution in [-0.4, -0.2) is 30.0 Å². The normalized spacial score (nSPS) is 11.6. The van der Waals surface area contributed by atoms with E-state index in [4.69, 9.17) is 16.6 Å². The first kappa shape index (κ1) is 24.3. The quantitative estimate of drug-likeness (QED) is 0.292. The van der Waals surface area contributed by atoms with Gasteiger partial charge in [-0.25, -0.2) is 13.4 Å². The number of pyridine rings is 1. The van der Waals surface area contributed by atoms with Gasteiger partial charge in [0, 0.05) is 23.8 Å². The number of fused-ring (bicyclic) bond motifs is 1. The number of carbonyl (C=O) groups excluding carboxylic acids is 1. The van der Waals surface area contributed by atoms with Crippen molar-refractivity contribution >= 4 is 54.0 Å². The van der Waals surface area contributed by atoms with Crippen LogP contribution in [0.4, 0.5) is 5.13 Å². The van der Waals surface area contributed by atoms with Crippen molar-refractivity contribution in [2.45, 2.75) is 32.1 Å². The Morgan fingerprint density at radius 1 is 1.06 bits per heavy atom. The average molecular weight is 514 g/mol. The minimum Gasteiger partial charge on any atom is -0.284 e. The molecule has 0 aliphatic rings. The summed E-state index contributed by atoms with van der Waals surface area (Å²) in [5, 5.41) is 1.18. The summed E-state index contributed by atoms with van der Waals surface area (Å²) in [5.41, 5.74) is 3.24. The molecule has 0 bridgehead atoms. The minimum atomic E-state index is -3.32. The molecule has 4 aromatic rings. The summed E-state index contributed by atoms with van der Waals surface area (Å²) in [4.78, 5) is 23.7. The van der Waals surface area contributed by atoms with Gasteiger partial charge in [-0.1, -0.05) is 59.3 Å². The van der Waals surface area contributed by atoms with E-state index in [2.05, 4.69) is 4.98 Å². The third-order valence-electron chi connectivity index (χ3n) is 5.41. The van der Waals surface area contributed by atoms with E-state index in [0.717, 1.165) is 26.9 Å². The number of halogens is 1. The molecule has 0 unspecified atom stereocenters. The number of hydrogen-bond donors (Lipinski definition) is 0. The van der Waals surface area contributed by atoms with Crippen LogP contribution in [0, 0.1) is 6.92 Å². The van der Waals surface area contributed by atoms with E-state index in [1.807, 2.05) is 49.4 Å². The molecule has 0 aliphatic heterocycles. The van der Waals surface area contributed by atoms with Crippen LogP contribution in [0.5, 0.6) is 0 Å². The van der Waals surface area contributed by atoms with Crippen LogP contribution in [0.1, 0.15) is 29.5 Å². The number of amides is 1. The fourth-order valence-corrected chi connectivity index (χ4v) is 6.24. The van der Waals surface area contributed by atoms with Crippen molar-refractivity contribution in [3.8, 4) is 0 Å². The third kappa shape index (κ3) is 6.00. The van der Waals surface area contributed by atoms with Crippen LogP contribution in [0.25, 0.3) is 10.2 Å². The number of carbonyl (C=O) groups is 1. The Hall–Kier alpha value is -2.81. The van der Waals surface area contributed by atoms with Gasteiger partial charge in [0.1, 0.15) is 0 Å². The second-order valence-electron chi connectivity index (χ2n) is 8.04. The van der Waals surface area contributed by atoms with Crippen molar-refractivity contribution in [3.63, 3.8) is 0 Å². The van der Waals surface area contributed by atoms with Crippen LogP contribution < -0.4 is 4.90 Å². The zero-order valence-corrected chi connectivity index (χ0v) is 21.0. The van der Waals surface area contributed by atoms with Crippen molar-refractivity contribution in [3.05, 3.63) is 88.7 Å². The summed E-state index contributed by atoms with van der Waals surface area (Å²) in [6, 6.07) is 16.5. The Morgan fingerprint density at radius 2 is 1.82 bits per heavy atom. The molecule has 2 heterocycles. The van der Waals surface area contributed by atoms with Gasteiger partial charge in [0.15, 0.2) is 15.0 Å². The number of aromatic nitrogens is 2. The van der Waals surface area contributed by atoms with Gasteiger partial charge in [-0.05, 0) is 48.2 Å². The van der Waals surface area contributed by atoms with E-state index in [9.17, 15) is 13.2 Å². The van der Waals surface area contributed by atoms with Crippen molar-refractivity contribution < 1.29 is 13.2 Å². The van der Waals surface area contributed by atoms with Gasteiger partial charge in [0.05, 0.1) is 28.3 Å². The first-order chi connectivity index (χ1) is 16.3. The predicted molar refractivity (Wildman–Crippen MR) is 138 cm³/mol. The fourth-order valence-electron chi connectivity index (χ4n) is 3.62. The largest absolute Gasteiger partial charge is 0.284 e. The molecule has 9 heteroatoms. The molecular weight excluding hydrogens is 490 g/mol. The standard InChI is InChI=1S/C25H24ClN3O3S2/c1-18-21(26)11-12-22-24(18)28-25(33-22)29(16-20-9-5-13-27-15-20)23(30)10-6-14-34(31,32)17-19-7-3-2-4-8-19/h2-5,7-9,11-13,15H,6,10,14,16-17H2,1H3. The van der Waals surface area contributed by atoms with Gasteiger partial charge in [-0.2, -0.15) is 0 Å². The second-order valence-corrected chi connectivity index (χ2v) is 11.6. The summed E-state index contributed by atoms with van der Waals surface area (Å²) < 4.78 is 26.0. The zero-order valence-electron chi connectivity index (χ0n) is 18.6. The SMILES string of the molecule is Cc1c(Cl)ccc2sc(N(Cc3cccnc3)C(=O)CCCS(=O)(=O)Cc3ccccc3)nc12. The van der Waals surface area contributed by atoms with E-state index >= 15 is 0 Å². The molecule has 2 aromatic carbocycles. The molecule has 6 nitrogen and oxygen atoms in total. The first-order valence-corrected chi connectivity index (χ1v) is 13.8. The smallest absolute Gasteiger partial charge is 0.229 e. The number of hydrogen-bond acceptors (Lipinski definition) is 6. The topological polar surface area (TPSA) is 80.2 Å². The summed E-state index contributed by atoms with van der Waals surface area (Å²) in [6.45, 7) is 2.20. The van der Waals surface area contributed by atoms with E-state index in [1.165, 1.54) is 11.3 Å². The Labute approximate surface area is 208 Å². The number of aryl methyl sites for hydroxylation is 1. The van der Waals surface area contributed by atoms with Crippen LogP contribution in [0.3, 0.4) is 0 Å². The lowest BCUT2D eigenvalue weighted by atomic mass is 10.2. The lowest BCUT2D eigenvalue weighted by molar-refractivity contribution is -0.118. The molecule has 0 N–H and O–H groups in total. The molecule has 0 radical (unpaired) electrons. The van der Waals surface area contributed by atoms with E-state index in [0.29, 0.717) is 16.7 Å². The molecule has 0 saturated heterocycles. The summed E-state index contributed by atoms with van der Waals surface area (Å²) >= 11 is 7.67. The van der Waals surface area contributed by atoms with Crippen molar-refractivity contribution in [2.75, 3.05) is 10.7 Å². The van der Waals surface area contributed by atoms with Crippen molar-refractivity contribution in [1.29, 1.82) is 0 Å². The lowest BCUT2D eigenvalue weighted by Gasteiger charge is -2.20. The van der Waals surface area contributed by atoms with E-state index in [1.54, 1.807) is 29.4 Å². The highest BCUT2D eigenvalue weighted by atomic mass is 35.5. The molecule has 34 heavy (non-hydrogen) atoms. The molecule has 4 rings (SSSR count). The Balaban J connectivity index is 1.51. The number of rotatable bonds is 9. The number of anilines is 1. The van der Waals surface area contributed by atoms with Gasteiger partial charge in [-0.3, -0.25) is 14.7 Å². The highest BCUT2D eigenvalue weighted by molar-refractivity contribution is 7.90. The molecule has 0 aliphatic carbocycles. The number of thiazole rings is 1. The Morgan fingerprint density at radius 3 is 2.56 bits per heavy atom. The van der Waals surface area contributed by atoms with Crippen LogP contribution in [0.15, 0.2) is 67.0 Å². The van der Waals surface area contributed by atoms with Crippen molar-refractivity contribution in [2.24, 2.45) is 0 Å². The molecule has 0 spiro atoms. The maximum Gasteiger partial charge on any atom is 0.229 e. The van der Waals surface area contributed by atoms with Crippen molar-refractivity contribution in [1.82, 2.24) is 9.97 Å². The predicted octanol–water partition coefficient (Wildman–Crippen LogP) is 5.58. The Bertz CT molecular complexity index is 1390. The summed E-state index contributed by atoms with van der Waals surface area (Å²) in [5.74, 6) is -0.260. The highest BCUT2D eigenvalue weighted by Gasteiger charge is 2.22. The monoisotopic (exact) mass is 513 g/mol. The van der Waals surface area contributed by atoms with Crippen LogP contribution in [-0.2, 0) is 26.9 Å². The molecule has 2 aromatic heterocycles. The average Bonchev–Trinajstić information content (AvgIpc) is 3.25. The van der Waals surface area contributed by atoms with Gasteiger partial charge in [0.2, 0.25) is 5.91 Å². The zero-order chi connectivity index (χ0) is 24.1. The highest BCUT2D eigenvalue weighted by Crippen LogP contribution is 2.34. The minimum absolute atomic E-state index is 0.0284. The summed E-state index contributed by atoms with van der Waals surface area (Å²) in [7, 11) is -3.32. The molecule has 0 saturated carbocycles. The first-order valence-electron chi connectivity index (χ1n) is 10.8. The maximum atomic E-state index is 13.3. The molecule has 176 valence electrons. The second kappa shape index (κ2) is 10.6. The van der Waals surface area contributed by atoms with Gasteiger partial charge in [0.25, 0.3) is 0 Å². The molecule has 1 amide bonds. The lowest BCUT2D eigenvalue weighted by Crippen LogP contribution is -2.30. The number of nitrogens with zero attached hydrogens (tertiary/aromatic N) is 3. The summed E-state index contributed by atoms with van der Waals surface area (Å²) in [6.07, 6.45) is 3.73. The molecule has 0 fully saturated rings. The number of benzene rings is 2. The van der Waals surface area contributed by atoms with Crippen LogP contribution >= 0.6 is 22.9 Å². The van der Waals surface area contributed by atoms with Gasteiger partial charge < -0.3 is 0 Å². The Kier molecular flexibility index (Phi) is 7.60. The van der Waals surface area contributed by atoms with Gasteiger partial charge in [-0.15, -0.1) is 0 Å². The fraction of sp³-hybridized carbons (Fsp3) is 0.240. The van der Waals surface area contributed by atoms with Crippen LogP contribution in [0.2, 0.25) is 5.02 Å². The number of sulfone groups is 1. The third-order valence-corrected chi connectivity index (χ3v) is 8.54. The molecular formula is C25H24ClN3O3S2. The molecule has 0 atom stereocenters.